The van der Waals surface area contributed by atoms with Gasteiger partial charge in [-0.15, -0.1) is 10.2 Å². The molecule has 110 valence electrons. The summed E-state index contributed by atoms with van der Waals surface area (Å²) in [5.74, 6) is 1.35. The van der Waals surface area contributed by atoms with Gasteiger partial charge in [-0.2, -0.15) is 0 Å². The zero-order chi connectivity index (χ0) is 15.4. The minimum atomic E-state index is 0.638. The van der Waals surface area contributed by atoms with E-state index in [0.29, 0.717) is 11.6 Å². The van der Waals surface area contributed by atoms with Gasteiger partial charge in [0, 0.05) is 17.7 Å². The average Bonchev–Trinajstić information content (AvgIpc) is 2.56. The predicted octanol–water partition coefficient (Wildman–Crippen LogP) is 3.95. The lowest BCUT2D eigenvalue weighted by atomic mass is 10.1. The van der Waals surface area contributed by atoms with Crippen LogP contribution in [0.1, 0.15) is 12.5 Å². The van der Waals surface area contributed by atoms with Crippen LogP contribution in [-0.2, 0) is 0 Å². The van der Waals surface area contributed by atoms with Gasteiger partial charge < -0.3 is 5.32 Å². The molecule has 0 saturated carbocycles. The van der Waals surface area contributed by atoms with Crippen molar-refractivity contribution in [3.05, 3.63) is 60.2 Å². The Labute approximate surface area is 130 Å². The van der Waals surface area contributed by atoms with Gasteiger partial charge in [0.05, 0.1) is 0 Å². The van der Waals surface area contributed by atoms with E-state index in [2.05, 4.69) is 34.6 Å². The molecule has 0 aliphatic rings. The molecule has 4 heteroatoms. The van der Waals surface area contributed by atoms with Crippen molar-refractivity contribution in [1.29, 1.82) is 0 Å². The molecule has 4 nitrogen and oxygen atoms in total. The number of anilines is 1. The van der Waals surface area contributed by atoms with Crippen molar-refractivity contribution in [3.8, 4) is 22.6 Å². The number of aromatic nitrogens is 3. The summed E-state index contributed by atoms with van der Waals surface area (Å²) in [5, 5.41) is 11.8. The molecule has 0 aliphatic carbocycles. The summed E-state index contributed by atoms with van der Waals surface area (Å²) in [6, 6.07) is 18.2. The summed E-state index contributed by atoms with van der Waals surface area (Å²) in [6.45, 7) is 4.88. The molecule has 1 aromatic heterocycles. The average molecular weight is 290 g/mol. The molecular formula is C18H18N4. The van der Waals surface area contributed by atoms with Crippen LogP contribution in [0.25, 0.3) is 22.6 Å². The van der Waals surface area contributed by atoms with E-state index >= 15 is 0 Å². The van der Waals surface area contributed by atoms with Gasteiger partial charge in [-0.05, 0) is 19.9 Å². The molecule has 1 N–H and O–H groups in total. The number of hydrogen-bond acceptors (Lipinski definition) is 4. The molecule has 3 rings (SSSR count). The largest absolute Gasteiger partial charge is 0.367 e. The highest BCUT2D eigenvalue weighted by Gasteiger charge is 2.12. The summed E-state index contributed by atoms with van der Waals surface area (Å²) in [5.41, 5.74) is 4.04. The fraction of sp³-hybridized carbons (Fsp3) is 0.167. The minimum Gasteiger partial charge on any atom is -0.367 e. The summed E-state index contributed by atoms with van der Waals surface area (Å²) in [4.78, 5) is 4.74. The first-order chi connectivity index (χ1) is 10.8. The SMILES string of the molecule is CCNc1nnc(-c2ccccc2)nc1-c1cccc(C)c1. The number of aryl methyl sites for hydroxylation is 1. The Morgan fingerprint density at radius 1 is 0.909 bits per heavy atom. The van der Waals surface area contributed by atoms with Gasteiger partial charge in [-0.3, -0.25) is 0 Å². The van der Waals surface area contributed by atoms with Crippen molar-refractivity contribution >= 4 is 5.82 Å². The molecule has 0 bridgehead atoms. The zero-order valence-corrected chi connectivity index (χ0v) is 12.7. The number of benzene rings is 2. The van der Waals surface area contributed by atoms with Gasteiger partial charge in [-0.1, -0.05) is 54.1 Å². The van der Waals surface area contributed by atoms with Crippen molar-refractivity contribution in [2.45, 2.75) is 13.8 Å². The number of nitrogens with one attached hydrogen (secondary N) is 1. The molecule has 0 aliphatic heterocycles. The number of hydrogen-bond donors (Lipinski definition) is 1. The van der Waals surface area contributed by atoms with Crippen LogP contribution in [0.15, 0.2) is 54.6 Å². The quantitative estimate of drug-likeness (QED) is 0.790. The second-order valence-electron chi connectivity index (χ2n) is 5.10. The Hall–Kier alpha value is -2.75. The van der Waals surface area contributed by atoms with Crippen LogP contribution in [0, 0.1) is 6.92 Å². The lowest BCUT2D eigenvalue weighted by Gasteiger charge is -2.10. The van der Waals surface area contributed by atoms with Gasteiger partial charge in [0.1, 0.15) is 5.69 Å². The topological polar surface area (TPSA) is 50.7 Å². The van der Waals surface area contributed by atoms with Gasteiger partial charge in [0.2, 0.25) is 0 Å². The fourth-order valence-electron chi connectivity index (χ4n) is 2.32. The molecule has 0 spiro atoms. The second-order valence-corrected chi connectivity index (χ2v) is 5.10. The highest BCUT2D eigenvalue weighted by molar-refractivity contribution is 5.73. The van der Waals surface area contributed by atoms with Gasteiger partial charge in [0.15, 0.2) is 11.6 Å². The van der Waals surface area contributed by atoms with E-state index in [4.69, 9.17) is 4.98 Å². The van der Waals surface area contributed by atoms with Crippen LogP contribution in [-0.4, -0.2) is 21.7 Å². The lowest BCUT2D eigenvalue weighted by Crippen LogP contribution is -2.06. The third-order valence-electron chi connectivity index (χ3n) is 3.35. The Bertz CT molecular complexity index is 769. The van der Waals surface area contributed by atoms with Gasteiger partial charge >= 0.3 is 0 Å². The Morgan fingerprint density at radius 2 is 1.68 bits per heavy atom. The normalized spacial score (nSPS) is 10.5. The number of rotatable bonds is 4. The lowest BCUT2D eigenvalue weighted by molar-refractivity contribution is 0.972. The maximum Gasteiger partial charge on any atom is 0.182 e. The molecule has 0 atom stereocenters. The summed E-state index contributed by atoms with van der Waals surface area (Å²) in [6.07, 6.45) is 0. The number of nitrogens with zero attached hydrogens (tertiary/aromatic N) is 3. The molecule has 0 radical (unpaired) electrons. The van der Waals surface area contributed by atoms with Crippen molar-refractivity contribution in [3.63, 3.8) is 0 Å². The monoisotopic (exact) mass is 290 g/mol. The summed E-state index contributed by atoms with van der Waals surface area (Å²) in [7, 11) is 0. The van der Waals surface area contributed by atoms with Crippen LogP contribution >= 0.6 is 0 Å². The predicted molar refractivity (Wildman–Crippen MR) is 89.6 cm³/mol. The molecule has 0 unspecified atom stereocenters. The van der Waals surface area contributed by atoms with Gasteiger partial charge in [-0.25, -0.2) is 4.98 Å². The highest BCUT2D eigenvalue weighted by Crippen LogP contribution is 2.26. The van der Waals surface area contributed by atoms with Crippen molar-refractivity contribution < 1.29 is 0 Å². The van der Waals surface area contributed by atoms with E-state index in [1.807, 2.05) is 49.4 Å². The van der Waals surface area contributed by atoms with E-state index in [1.165, 1.54) is 5.56 Å². The van der Waals surface area contributed by atoms with E-state index < -0.39 is 0 Å². The van der Waals surface area contributed by atoms with Crippen molar-refractivity contribution in [2.24, 2.45) is 0 Å². The van der Waals surface area contributed by atoms with Crippen LogP contribution in [0.2, 0.25) is 0 Å². The minimum absolute atomic E-state index is 0.638. The smallest absolute Gasteiger partial charge is 0.182 e. The highest BCUT2D eigenvalue weighted by atomic mass is 15.2. The zero-order valence-electron chi connectivity index (χ0n) is 12.7. The van der Waals surface area contributed by atoms with E-state index in [1.54, 1.807) is 0 Å². The first-order valence-corrected chi connectivity index (χ1v) is 7.39. The van der Waals surface area contributed by atoms with E-state index in [-0.39, 0.29) is 0 Å². The first-order valence-electron chi connectivity index (χ1n) is 7.39. The van der Waals surface area contributed by atoms with Crippen LogP contribution in [0.3, 0.4) is 0 Å². The Kier molecular flexibility index (Phi) is 4.10. The van der Waals surface area contributed by atoms with Crippen molar-refractivity contribution in [2.75, 3.05) is 11.9 Å². The standard InChI is InChI=1S/C18H18N4/c1-3-19-18-16(15-11-7-8-13(2)12-15)20-17(21-22-18)14-9-5-4-6-10-14/h4-12H,3H2,1-2H3,(H,19,22). The molecule has 0 amide bonds. The molecule has 2 aromatic carbocycles. The molecular weight excluding hydrogens is 272 g/mol. The third kappa shape index (κ3) is 2.96. The van der Waals surface area contributed by atoms with Crippen molar-refractivity contribution in [1.82, 2.24) is 15.2 Å². The van der Waals surface area contributed by atoms with E-state index in [9.17, 15) is 0 Å². The molecule has 3 aromatic rings. The maximum atomic E-state index is 4.74. The third-order valence-corrected chi connectivity index (χ3v) is 3.35. The van der Waals surface area contributed by atoms with Crippen LogP contribution in [0.4, 0.5) is 5.82 Å². The second kappa shape index (κ2) is 6.35. The van der Waals surface area contributed by atoms with E-state index in [0.717, 1.165) is 23.4 Å². The molecule has 1 heterocycles. The fourth-order valence-corrected chi connectivity index (χ4v) is 2.32. The molecule has 0 fully saturated rings. The summed E-state index contributed by atoms with van der Waals surface area (Å²) < 4.78 is 0. The Balaban J connectivity index is 2.13. The van der Waals surface area contributed by atoms with Crippen LogP contribution in [0.5, 0.6) is 0 Å². The maximum absolute atomic E-state index is 4.74. The summed E-state index contributed by atoms with van der Waals surface area (Å²) >= 11 is 0. The van der Waals surface area contributed by atoms with Gasteiger partial charge in [0.25, 0.3) is 0 Å². The van der Waals surface area contributed by atoms with Crippen LogP contribution < -0.4 is 5.32 Å². The first kappa shape index (κ1) is 14.2. The molecule has 0 saturated heterocycles. The Morgan fingerprint density at radius 3 is 2.41 bits per heavy atom. The molecule has 22 heavy (non-hydrogen) atoms.